The van der Waals surface area contributed by atoms with Crippen LogP contribution in [0.2, 0.25) is 0 Å². The summed E-state index contributed by atoms with van der Waals surface area (Å²) in [6.07, 6.45) is 8.92. The number of aromatic nitrogens is 3. The van der Waals surface area contributed by atoms with Gasteiger partial charge in [-0.3, -0.25) is 9.78 Å². The van der Waals surface area contributed by atoms with Gasteiger partial charge >= 0.3 is 5.97 Å². The molecular weight excluding hydrogens is 460 g/mol. The summed E-state index contributed by atoms with van der Waals surface area (Å²) in [4.78, 5) is 18.3. The molecule has 1 aliphatic heterocycles. The van der Waals surface area contributed by atoms with Crippen LogP contribution >= 0.6 is 11.8 Å². The Morgan fingerprint density at radius 1 is 1.20 bits per heavy atom. The van der Waals surface area contributed by atoms with Crippen LogP contribution in [0.3, 0.4) is 0 Å². The van der Waals surface area contributed by atoms with Gasteiger partial charge in [0.1, 0.15) is 10.8 Å². The quantitative estimate of drug-likeness (QED) is 0.354. The summed E-state index contributed by atoms with van der Waals surface area (Å²) in [6, 6.07) is 12.0. The number of rotatable bonds is 12. The van der Waals surface area contributed by atoms with Gasteiger partial charge in [-0.15, -0.1) is 16.9 Å². The molecule has 35 heavy (non-hydrogen) atoms. The predicted octanol–water partition coefficient (Wildman–Crippen LogP) is 4.95. The summed E-state index contributed by atoms with van der Waals surface area (Å²) < 4.78 is 5.41. The minimum atomic E-state index is -0.698. The van der Waals surface area contributed by atoms with E-state index in [0.29, 0.717) is 11.8 Å². The number of methoxy groups -OCH3 is 1. The van der Waals surface area contributed by atoms with Crippen LogP contribution in [-0.4, -0.2) is 63.7 Å². The van der Waals surface area contributed by atoms with E-state index in [1.54, 1.807) is 25.1 Å². The molecule has 2 aromatic heterocycles. The van der Waals surface area contributed by atoms with E-state index >= 15 is 0 Å². The zero-order valence-electron chi connectivity index (χ0n) is 20.3. The second kappa shape index (κ2) is 12.8. The fourth-order valence-electron chi connectivity index (χ4n) is 5.10. The van der Waals surface area contributed by atoms with E-state index in [-0.39, 0.29) is 6.42 Å². The number of fused-ring (bicyclic) bond motifs is 1. The Kier molecular flexibility index (Phi) is 9.31. The van der Waals surface area contributed by atoms with E-state index < -0.39 is 5.97 Å². The molecule has 1 aliphatic rings. The Hall–Kier alpha value is -2.71. The smallest absolute Gasteiger partial charge is 0.303 e. The fourth-order valence-corrected chi connectivity index (χ4v) is 5.94. The predicted molar refractivity (Wildman–Crippen MR) is 139 cm³/mol. The van der Waals surface area contributed by atoms with Gasteiger partial charge in [0.2, 0.25) is 0 Å². The standard InChI is InChI=1S/C27H34N4O3S/c1-34-23-8-9-25-24(18-23)21(11-14-28-25)5-2-4-20-12-15-31(19-22(20)7-10-27(32)33)16-17-35-26-6-3-13-29-30-26/h3,6,8-9,11,13-14,18,20,22H,2,4-5,7,10,12,15-17,19H2,1H3,(H,32,33)/t20-,22+/m1/s1. The number of pyridine rings is 1. The normalized spacial score (nSPS) is 18.5. The number of carboxylic acid groups (broad SMARTS) is 1. The van der Waals surface area contributed by atoms with Gasteiger partial charge < -0.3 is 14.7 Å². The average molecular weight is 495 g/mol. The molecule has 8 heteroatoms. The number of hydrogen-bond acceptors (Lipinski definition) is 7. The third-order valence-corrected chi connectivity index (χ3v) is 7.87. The third-order valence-electron chi connectivity index (χ3n) is 6.97. The molecule has 0 spiro atoms. The minimum Gasteiger partial charge on any atom is -0.497 e. The largest absolute Gasteiger partial charge is 0.497 e. The SMILES string of the molecule is COc1ccc2nccc(CCC[C@@H]3CCN(CCSc4cccnn4)C[C@@H]3CCC(=O)O)c2c1. The summed E-state index contributed by atoms with van der Waals surface area (Å²) in [5, 5.41) is 19.5. The number of aliphatic carboxylic acids is 1. The van der Waals surface area contributed by atoms with E-state index in [9.17, 15) is 9.90 Å². The highest BCUT2D eigenvalue weighted by atomic mass is 32.2. The highest BCUT2D eigenvalue weighted by Gasteiger charge is 2.29. The van der Waals surface area contributed by atoms with Crippen LogP contribution in [0.4, 0.5) is 0 Å². The van der Waals surface area contributed by atoms with Crippen LogP contribution in [0, 0.1) is 11.8 Å². The summed E-state index contributed by atoms with van der Waals surface area (Å²) >= 11 is 1.73. The molecule has 0 aliphatic carbocycles. The fraction of sp³-hybridized carbons (Fsp3) is 0.481. The zero-order chi connectivity index (χ0) is 24.5. The number of likely N-dealkylation sites (tertiary alicyclic amines) is 1. The van der Waals surface area contributed by atoms with E-state index in [2.05, 4.69) is 32.2 Å². The molecule has 7 nitrogen and oxygen atoms in total. The highest BCUT2D eigenvalue weighted by Crippen LogP contribution is 2.32. The van der Waals surface area contributed by atoms with Crippen LogP contribution < -0.4 is 4.74 Å². The van der Waals surface area contributed by atoms with Crippen LogP contribution in [0.5, 0.6) is 5.75 Å². The van der Waals surface area contributed by atoms with Gasteiger partial charge in [0.05, 0.1) is 12.6 Å². The number of thioether (sulfide) groups is 1. The molecule has 1 fully saturated rings. The second-order valence-electron chi connectivity index (χ2n) is 9.20. The van der Waals surface area contributed by atoms with Gasteiger partial charge in [-0.2, -0.15) is 5.10 Å². The van der Waals surface area contributed by atoms with Crippen molar-refractivity contribution in [1.29, 1.82) is 0 Å². The van der Waals surface area contributed by atoms with Gasteiger partial charge in [0.25, 0.3) is 0 Å². The Balaban J connectivity index is 1.31. The van der Waals surface area contributed by atoms with Gasteiger partial charge in [-0.05, 0) is 92.4 Å². The first kappa shape index (κ1) is 25.4. The lowest BCUT2D eigenvalue weighted by molar-refractivity contribution is -0.137. The topological polar surface area (TPSA) is 88.4 Å². The van der Waals surface area contributed by atoms with Crippen LogP contribution in [0.15, 0.2) is 53.8 Å². The van der Waals surface area contributed by atoms with Crippen molar-refractivity contribution in [2.45, 2.75) is 43.6 Å². The van der Waals surface area contributed by atoms with E-state index in [1.807, 2.05) is 30.5 Å². The molecule has 0 saturated carbocycles. The van der Waals surface area contributed by atoms with Crippen LogP contribution in [-0.2, 0) is 11.2 Å². The first-order chi connectivity index (χ1) is 17.1. The first-order valence-corrected chi connectivity index (χ1v) is 13.4. The highest BCUT2D eigenvalue weighted by molar-refractivity contribution is 7.99. The minimum absolute atomic E-state index is 0.248. The Morgan fingerprint density at radius 3 is 2.91 bits per heavy atom. The molecular formula is C27H34N4O3S. The lowest BCUT2D eigenvalue weighted by Gasteiger charge is -2.39. The first-order valence-electron chi connectivity index (χ1n) is 12.4. The van der Waals surface area contributed by atoms with E-state index in [0.717, 1.165) is 79.2 Å². The molecule has 0 amide bonds. The lowest BCUT2D eigenvalue weighted by atomic mass is 9.79. The molecule has 0 radical (unpaired) electrons. The molecule has 1 N–H and O–H groups in total. The van der Waals surface area contributed by atoms with Crippen LogP contribution in [0.25, 0.3) is 10.9 Å². The number of piperidine rings is 1. The number of nitrogens with zero attached hydrogens (tertiary/aromatic N) is 4. The molecule has 0 bridgehead atoms. The maximum atomic E-state index is 11.3. The number of carbonyl (C=O) groups is 1. The van der Waals surface area contributed by atoms with Crippen molar-refractivity contribution in [3.63, 3.8) is 0 Å². The molecule has 0 unspecified atom stereocenters. The van der Waals surface area contributed by atoms with Crippen molar-refractivity contribution < 1.29 is 14.6 Å². The number of hydrogen-bond donors (Lipinski definition) is 1. The Morgan fingerprint density at radius 2 is 2.11 bits per heavy atom. The van der Waals surface area contributed by atoms with Gasteiger partial charge in [0.15, 0.2) is 0 Å². The number of benzene rings is 1. The second-order valence-corrected chi connectivity index (χ2v) is 10.3. The summed E-state index contributed by atoms with van der Waals surface area (Å²) in [5.74, 6) is 2.12. The Labute approximate surface area is 211 Å². The summed E-state index contributed by atoms with van der Waals surface area (Å²) in [5.41, 5.74) is 2.30. The summed E-state index contributed by atoms with van der Waals surface area (Å²) in [6.45, 7) is 3.04. The van der Waals surface area contributed by atoms with Crippen LogP contribution in [0.1, 0.15) is 37.7 Å². The number of ether oxygens (including phenoxy) is 1. The molecule has 2 atom stereocenters. The summed E-state index contributed by atoms with van der Waals surface area (Å²) in [7, 11) is 1.69. The van der Waals surface area contributed by atoms with Crippen molar-refractivity contribution in [3.8, 4) is 5.75 Å². The van der Waals surface area contributed by atoms with Crippen molar-refractivity contribution >= 4 is 28.6 Å². The van der Waals surface area contributed by atoms with Crippen molar-refractivity contribution in [2.75, 3.05) is 32.5 Å². The van der Waals surface area contributed by atoms with Gasteiger partial charge in [-0.25, -0.2) is 0 Å². The maximum Gasteiger partial charge on any atom is 0.303 e. The molecule has 1 aromatic carbocycles. The molecule has 186 valence electrons. The van der Waals surface area contributed by atoms with Gasteiger partial charge in [-0.1, -0.05) is 0 Å². The average Bonchev–Trinajstić information content (AvgIpc) is 2.88. The zero-order valence-corrected chi connectivity index (χ0v) is 21.1. The third kappa shape index (κ3) is 7.39. The lowest BCUT2D eigenvalue weighted by Crippen LogP contribution is -2.41. The number of aryl methyl sites for hydroxylation is 1. The maximum absolute atomic E-state index is 11.3. The molecule has 3 heterocycles. The van der Waals surface area contributed by atoms with Crippen molar-refractivity contribution in [3.05, 3.63) is 54.4 Å². The van der Waals surface area contributed by atoms with Gasteiger partial charge in [0, 0.05) is 43.0 Å². The van der Waals surface area contributed by atoms with E-state index in [1.165, 1.54) is 5.56 Å². The molecule has 3 aromatic rings. The van der Waals surface area contributed by atoms with Crippen molar-refractivity contribution in [2.24, 2.45) is 11.8 Å². The Bertz CT molecular complexity index is 1100. The number of carboxylic acids is 1. The molecule has 1 saturated heterocycles. The van der Waals surface area contributed by atoms with E-state index in [4.69, 9.17) is 4.74 Å². The monoisotopic (exact) mass is 494 g/mol. The molecule has 4 rings (SSSR count). The van der Waals surface area contributed by atoms with Crippen molar-refractivity contribution in [1.82, 2.24) is 20.1 Å².